The Morgan fingerprint density at radius 1 is 1.16 bits per heavy atom. The molecule has 3 rings (SSSR count). The van der Waals surface area contributed by atoms with Gasteiger partial charge in [-0.15, -0.1) is 0 Å². The summed E-state index contributed by atoms with van der Waals surface area (Å²) in [4.78, 5) is 13.1. The van der Waals surface area contributed by atoms with Gasteiger partial charge in [0, 0.05) is 29.8 Å². The van der Waals surface area contributed by atoms with Crippen molar-refractivity contribution in [3.05, 3.63) is 64.7 Å². The molecule has 1 aliphatic carbocycles. The number of carbonyl (C=O) groups is 1. The number of benzene rings is 2. The number of rotatable bonds is 9. The van der Waals surface area contributed by atoms with Crippen LogP contribution in [0.3, 0.4) is 0 Å². The molecule has 31 heavy (non-hydrogen) atoms. The molecule has 0 saturated heterocycles. The average molecular weight is 450 g/mol. The highest BCUT2D eigenvalue weighted by atomic mass is 35.5. The second-order valence-electron chi connectivity index (χ2n) is 8.60. The number of ether oxygens (including phenoxy) is 1. The van der Waals surface area contributed by atoms with Crippen molar-refractivity contribution >= 4 is 17.5 Å². The van der Waals surface area contributed by atoms with Crippen LogP contribution >= 0.6 is 11.6 Å². The van der Waals surface area contributed by atoms with Crippen LogP contribution in [0.5, 0.6) is 5.75 Å². The third kappa shape index (κ3) is 6.19. The van der Waals surface area contributed by atoms with Gasteiger partial charge in [0.05, 0.1) is 0 Å². The lowest BCUT2D eigenvalue weighted by Gasteiger charge is -2.31. The quantitative estimate of drug-likeness (QED) is 0.465. The number of carbonyl (C=O) groups excluding carboxylic acids is 1. The lowest BCUT2D eigenvalue weighted by atomic mass is 9.88. The summed E-state index contributed by atoms with van der Waals surface area (Å²) < 4.78 is 33.1. The Labute approximate surface area is 188 Å². The Balaban J connectivity index is 1.68. The number of hydrogen-bond acceptors (Lipinski definition) is 2. The first-order valence-electron chi connectivity index (χ1n) is 11.0. The molecule has 1 amide bonds. The zero-order valence-corrected chi connectivity index (χ0v) is 18.9. The van der Waals surface area contributed by atoms with Crippen molar-refractivity contribution in [3.8, 4) is 5.75 Å². The highest BCUT2D eigenvalue weighted by molar-refractivity contribution is 6.30. The van der Waals surface area contributed by atoms with E-state index < -0.39 is 17.2 Å². The van der Waals surface area contributed by atoms with E-state index in [1.54, 1.807) is 6.92 Å². The van der Waals surface area contributed by atoms with Gasteiger partial charge in [0.2, 0.25) is 0 Å². The molecular formula is C25H30ClF2NO2. The molecule has 1 saturated carbocycles. The van der Waals surface area contributed by atoms with Gasteiger partial charge in [-0.05, 0) is 62.1 Å². The van der Waals surface area contributed by atoms with Crippen LogP contribution in [0.1, 0.15) is 63.9 Å². The first-order valence-corrected chi connectivity index (χ1v) is 11.4. The molecule has 3 unspecified atom stereocenters. The van der Waals surface area contributed by atoms with E-state index in [1.807, 2.05) is 19.1 Å². The molecule has 1 fully saturated rings. The van der Waals surface area contributed by atoms with Crippen molar-refractivity contribution in [1.29, 1.82) is 0 Å². The van der Waals surface area contributed by atoms with Gasteiger partial charge in [0.25, 0.3) is 5.91 Å². The first kappa shape index (κ1) is 23.5. The van der Waals surface area contributed by atoms with E-state index in [0.717, 1.165) is 50.3 Å². The molecule has 2 aromatic rings. The van der Waals surface area contributed by atoms with Crippen LogP contribution in [0.25, 0.3) is 0 Å². The minimum Gasteiger partial charge on any atom is -0.478 e. The van der Waals surface area contributed by atoms with Crippen molar-refractivity contribution in [1.82, 2.24) is 5.32 Å². The molecule has 0 bridgehead atoms. The fraction of sp³-hybridized carbons (Fsp3) is 0.480. The van der Waals surface area contributed by atoms with Crippen LogP contribution in [0.15, 0.2) is 42.5 Å². The summed E-state index contributed by atoms with van der Waals surface area (Å²) in [6, 6.07) is 10.9. The Bertz CT molecular complexity index is 869. The van der Waals surface area contributed by atoms with Gasteiger partial charge in [-0.3, -0.25) is 4.79 Å². The second kappa shape index (κ2) is 10.4. The number of nitrogens with one attached hydrogen (secondary N) is 1. The number of hydrogen-bond donors (Lipinski definition) is 1. The fourth-order valence-electron chi connectivity index (χ4n) is 4.41. The monoisotopic (exact) mass is 449 g/mol. The normalized spacial score (nSPS) is 20.3. The van der Waals surface area contributed by atoms with Crippen LogP contribution in [0, 0.1) is 17.6 Å². The van der Waals surface area contributed by atoms with Gasteiger partial charge in [0.1, 0.15) is 17.4 Å². The largest absolute Gasteiger partial charge is 0.478 e. The zero-order valence-electron chi connectivity index (χ0n) is 18.1. The van der Waals surface area contributed by atoms with E-state index in [1.165, 1.54) is 5.56 Å². The Morgan fingerprint density at radius 2 is 1.84 bits per heavy atom. The minimum absolute atomic E-state index is 0.0196. The van der Waals surface area contributed by atoms with E-state index in [4.69, 9.17) is 16.3 Å². The van der Waals surface area contributed by atoms with Gasteiger partial charge in [-0.2, -0.15) is 0 Å². The van der Waals surface area contributed by atoms with E-state index in [0.29, 0.717) is 29.8 Å². The molecular weight excluding hydrogens is 420 g/mol. The Kier molecular flexibility index (Phi) is 7.93. The summed E-state index contributed by atoms with van der Waals surface area (Å²) in [7, 11) is 0. The lowest BCUT2D eigenvalue weighted by molar-refractivity contribution is -0.136. The number of halogens is 3. The molecule has 0 aliphatic heterocycles. The maximum atomic E-state index is 13.6. The SMILES string of the molecule is CCCCC(C)(Oc1cc(F)cc(F)c1)C(=O)NCC1CCCC1c1ccc(Cl)cc1. The van der Waals surface area contributed by atoms with Gasteiger partial charge in [-0.25, -0.2) is 8.78 Å². The van der Waals surface area contributed by atoms with Crippen molar-refractivity contribution in [2.24, 2.45) is 5.92 Å². The summed E-state index contributed by atoms with van der Waals surface area (Å²) in [5.41, 5.74) is 0.0336. The highest BCUT2D eigenvalue weighted by Gasteiger charge is 2.37. The summed E-state index contributed by atoms with van der Waals surface area (Å²) in [5.74, 6) is -1.00. The van der Waals surface area contributed by atoms with Gasteiger partial charge < -0.3 is 10.1 Å². The van der Waals surface area contributed by atoms with Gasteiger partial charge >= 0.3 is 0 Å². The lowest BCUT2D eigenvalue weighted by Crippen LogP contribution is -2.50. The van der Waals surface area contributed by atoms with E-state index in [-0.39, 0.29) is 11.7 Å². The molecule has 0 heterocycles. The number of amides is 1. The molecule has 2 aromatic carbocycles. The fourth-order valence-corrected chi connectivity index (χ4v) is 4.54. The predicted molar refractivity (Wildman–Crippen MR) is 119 cm³/mol. The summed E-state index contributed by atoms with van der Waals surface area (Å²) in [5, 5.41) is 3.77. The van der Waals surface area contributed by atoms with Crippen molar-refractivity contribution in [2.75, 3.05) is 6.54 Å². The third-order valence-electron chi connectivity index (χ3n) is 6.15. The van der Waals surface area contributed by atoms with E-state index >= 15 is 0 Å². The summed E-state index contributed by atoms with van der Waals surface area (Å²) in [6.07, 6.45) is 5.33. The van der Waals surface area contributed by atoms with E-state index in [9.17, 15) is 13.6 Å². The molecule has 0 aromatic heterocycles. The molecule has 0 radical (unpaired) electrons. The van der Waals surface area contributed by atoms with Crippen LogP contribution < -0.4 is 10.1 Å². The second-order valence-corrected chi connectivity index (χ2v) is 9.04. The Morgan fingerprint density at radius 3 is 2.48 bits per heavy atom. The van der Waals surface area contributed by atoms with Crippen molar-refractivity contribution in [3.63, 3.8) is 0 Å². The average Bonchev–Trinajstić information content (AvgIpc) is 3.19. The Hall–Kier alpha value is -2.14. The van der Waals surface area contributed by atoms with Crippen LogP contribution in [-0.4, -0.2) is 18.1 Å². The highest BCUT2D eigenvalue weighted by Crippen LogP contribution is 2.39. The molecule has 1 aliphatic rings. The molecule has 168 valence electrons. The molecule has 3 atom stereocenters. The molecule has 6 heteroatoms. The van der Waals surface area contributed by atoms with Crippen molar-refractivity contribution < 1.29 is 18.3 Å². The first-order chi connectivity index (χ1) is 14.8. The third-order valence-corrected chi connectivity index (χ3v) is 6.40. The van der Waals surface area contributed by atoms with Gasteiger partial charge in [0.15, 0.2) is 5.60 Å². The number of unbranched alkanes of at least 4 members (excludes halogenated alkanes) is 1. The standard InChI is InChI=1S/C25H30ClF2NO2/c1-3-4-12-25(2,31-22-14-20(27)13-21(28)15-22)24(30)29-16-18-6-5-7-23(18)17-8-10-19(26)11-9-17/h8-11,13-15,18,23H,3-7,12,16H2,1-2H3,(H,29,30). The van der Waals surface area contributed by atoms with Crippen LogP contribution in [-0.2, 0) is 4.79 Å². The zero-order chi connectivity index (χ0) is 22.4. The summed E-state index contributed by atoms with van der Waals surface area (Å²) in [6.45, 7) is 4.25. The minimum atomic E-state index is -1.20. The van der Waals surface area contributed by atoms with E-state index in [2.05, 4.69) is 17.4 Å². The molecule has 0 spiro atoms. The smallest absolute Gasteiger partial charge is 0.263 e. The molecule has 1 N–H and O–H groups in total. The summed E-state index contributed by atoms with van der Waals surface area (Å²) >= 11 is 6.02. The van der Waals surface area contributed by atoms with Gasteiger partial charge in [-0.1, -0.05) is 43.5 Å². The van der Waals surface area contributed by atoms with Crippen LogP contribution in [0.2, 0.25) is 5.02 Å². The van der Waals surface area contributed by atoms with Crippen LogP contribution in [0.4, 0.5) is 8.78 Å². The maximum absolute atomic E-state index is 13.6. The topological polar surface area (TPSA) is 38.3 Å². The maximum Gasteiger partial charge on any atom is 0.263 e. The molecule has 3 nitrogen and oxygen atoms in total. The van der Waals surface area contributed by atoms with Crippen molar-refractivity contribution in [2.45, 2.75) is 63.9 Å². The predicted octanol–water partition coefficient (Wildman–Crippen LogP) is 6.65.